The summed E-state index contributed by atoms with van der Waals surface area (Å²) in [6, 6.07) is 7.94. The largest absolute Gasteiger partial charge is 0.379 e. The highest BCUT2D eigenvalue weighted by molar-refractivity contribution is 5.90. The van der Waals surface area contributed by atoms with Gasteiger partial charge in [-0.15, -0.1) is 0 Å². The first-order valence-electron chi connectivity index (χ1n) is 18.9. The molecule has 2 rings (SSSR count). The first-order valence-corrected chi connectivity index (χ1v) is 18.9. The van der Waals surface area contributed by atoms with Crippen LogP contribution in [0.1, 0.15) is 85.6 Å². The summed E-state index contributed by atoms with van der Waals surface area (Å²) in [7, 11) is 6.34. The topological polar surface area (TPSA) is 158 Å². The molecule has 7 atom stereocenters. The van der Waals surface area contributed by atoms with E-state index in [2.05, 4.69) is 35.1 Å². The minimum Gasteiger partial charge on any atom is -0.379 e. The van der Waals surface area contributed by atoms with Crippen molar-refractivity contribution in [3.63, 3.8) is 0 Å². The van der Waals surface area contributed by atoms with E-state index in [1.807, 2.05) is 37.3 Å². The van der Waals surface area contributed by atoms with Crippen molar-refractivity contribution in [3.05, 3.63) is 35.9 Å². The summed E-state index contributed by atoms with van der Waals surface area (Å²) in [6.07, 6.45) is 2.91. The van der Waals surface area contributed by atoms with Gasteiger partial charge in [0.05, 0.1) is 48.7 Å². The number of likely N-dealkylation sites (tertiary alicyclic amines) is 1. The summed E-state index contributed by atoms with van der Waals surface area (Å²) >= 11 is 0. The predicted octanol–water partition coefficient (Wildman–Crippen LogP) is 2.66. The van der Waals surface area contributed by atoms with Crippen molar-refractivity contribution in [2.24, 2.45) is 11.8 Å². The molecule has 0 bridgehead atoms. The molecule has 1 aliphatic rings. The lowest BCUT2D eigenvalue weighted by atomic mass is 9.89. The molecule has 0 saturated carbocycles. The standard InChI is InChI=1S/C39H66N6O7/c1-11-13-21-45(33(47)25-42-38(50)39(5,6)41-8)34(26(3)12-2)31(51-9)24-32(46)44-22-17-20-30(44)35(52-10)27(4)36(48)43-29(37(49)40-7)23-28-18-15-14-16-19-28/h14-16,18-19,26-27,29-31,34-35,41H,11-13,17,20-25H2,1-10H3,(H,40,49)(H,42,50)(H,43,48). The Morgan fingerprint density at radius 1 is 1.00 bits per heavy atom. The van der Waals surface area contributed by atoms with E-state index in [0.29, 0.717) is 25.9 Å². The molecule has 0 spiro atoms. The molecule has 1 aromatic rings. The number of nitrogens with one attached hydrogen (secondary N) is 4. The molecule has 1 heterocycles. The number of nitrogens with zero attached hydrogens (tertiary/aromatic N) is 2. The van der Waals surface area contributed by atoms with Crippen LogP contribution in [0.2, 0.25) is 0 Å². The summed E-state index contributed by atoms with van der Waals surface area (Å²) in [5, 5.41) is 11.3. The lowest BCUT2D eigenvalue weighted by Gasteiger charge is -2.41. The third kappa shape index (κ3) is 12.3. The Morgan fingerprint density at radius 3 is 2.23 bits per heavy atom. The van der Waals surface area contributed by atoms with E-state index in [4.69, 9.17) is 9.47 Å². The molecule has 4 N–H and O–H groups in total. The second-order valence-corrected chi connectivity index (χ2v) is 14.5. The molecule has 13 heteroatoms. The predicted molar refractivity (Wildman–Crippen MR) is 202 cm³/mol. The zero-order chi connectivity index (χ0) is 39.0. The van der Waals surface area contributed by atoms with Crippen LogP contribution >= 0.6 is 0 Å². The van der Waals surface area contributed by atoms with Gasteiger partial charge in [0.25, 0.3) is 0 Å². The highest BCUT2D eigenvalue weighted by atomic mass is 16.5. The smallest absolute Gasteiger partial charge is 0.242 e. The van der Waals surface area contributed by atoms with Crippen molar-refractivity contribution in [2.75, 3.05) is 47.9 Å². The van der Waals surface area contributed by atoms with Crippen LogP contribution in [0.3, 0.4) is 0 Å². The monoisotopic (exact) mass is 730 g/mol. The summed E-state index contributed by atoms with van der Waals surface area (Å²) in [5.41, 5.74) is 0.0747. The Bertz CT molecular complexity index is 1290. The van der Waals surface area contributed by atoms with E-state index in [9.17, 15) is 24.0 Å². The maximum atomic E-state index is 14.2. The molecule has 5 amide bonds. The van der Waals surface area contributed by atoms with Gasteiger partial charge in [-0.3, -0.25) is 24.0 Å². The van der Waals surface area contributed by atoms with Gasteiger partial charge in [-0.25, -0.2) is 0 Å². The van der Waals surface area contributed by atoms with Gasteiger partial charge < -0.3 is 40.5 Å². The van der Waals surface area contributed by atoms with Gasteiger partial charge in [-0.2, -0.15) is 0 Å². The number of rotatable bonds is 22. The highest BCUT2D eigenvalue weighted by Gasteiger charge is 2.43. The zero-order valence-electron chi connectivity index (χ0n) is 33.3. The summed E-state index contributed by atoms with van der Waals surface area (Å²) in [4.78, 5) is 70.8. The van der Waals surface area contributed by atoms with Crippen LogP contribution in [-0.4, -0.2) is 123 Å². The fourth-order valence-corrected chi connectivity index (χ4v) is 6.93. The van der Waals surface area contributed by atoms with Gasteiger partial charge in [0.2, 0.25) is 29.5 Å². The van der Waals surface area contributed by atoms with E-state index < -0.39 is 35.7 Å². The van der Waals surface area contributed by atoms with Gasteiger partial charge in [-0.05, 0) is 51.6 Å². The normalized spacial score (nSPS) is 18.0. The molecule has 1 aromatic carbocycles. The van der Waals surface area contributed by atoms with Gasteiger partial charge in [0.15, 0.2) is 0 Å². The van der Waals surface area contributed by atoms with Crippen LogP contribution < -0.4 is 21.3 Å². The number of carbonyl (C=O) groups is 5. The third-order valence-electron chi connectivity index (χ3n) is 10.7. The Hall–Kier alpha value is -3.55. The maximum absolute atomic E-state index is 14.2. The number of hydrogen-bond donors (Lipinski definition) is 4. The molecule has 52 heavy (non-hydrogen) atoms. The van der Waals surface area contributed by atoms with Crippen molar-refractivity contribution in [1.82, 2.24) is 31.1 Å². The second kappa shape index (κ2) is 21.9. The van der Waals surface area contributed by atoms with Gasteiger partial charge in [0, 0.05) is 40.8 Å². The molecule has 1 saturated heterocycles. The maximum Gasteiger partial charge on any atom is 0.242 e. The lowest BCUT2D eigenvalue weighted by molar-refractivity contribution is -0.147. The molecule has 0 aliphatic carbocycles. The van der Waals surface area contributed by atoms with Crippen LogP contribution in [0.4, 0.5) is 0 Å². The zero-order valence-corrected chi connectivity index (χ0v) is 33.3. The van der Waals surface area contributed by atoms with E-state index in [-0.39, 0.29) is 54.5 Å². The van der Waals surface area contributed by atoms with Crippen molar-refractivity contribution < 1.29 is 33.4 Å². The molecule has 13 nitrogen and oxygen atoms in total. The number of ether oxygens (including phenoxy) is 2. The summed E-state index contributed by atoms with van der Waals surface area (Å²) < 4.78 is 12.0. The Balaban J connectivity index is 2.28. The van der Waals surface area contributed by atoms with Crippen molar-refractivity contribution in [2.45, 2.75) is 122 Å². The van der Waals surface area contributed by atoms with Gasteiger partial charge in [0.1, 0.15) is 6.04 Å². The molecule has 0 radical (unpaired) electrons. The highest BCUT2D eigenvalue weighted by Crippen LogP contribution is 2.30. The van der Waals surface area contributed by atoms with E-state index in [1.54, 1.807) is 51.8 Å². The number of likely N-dealkylation sites (N-methyl/N-ethyl adjacent to an activating group) is 2. The number of hydrogen-bond acceptors (Lipinski definition) is 8. The molecule has 0 aromatic heterocycles. The Labute approximate surface area is 311 Å². The quantitative estimate of drug-likeness (QED) is 0.142. The first-order chi connectivity index (χ1) is 24.7. The molecule has 294 valence electrons. The van der Waals surface area contributed by atoms with Gasteiger partial charge in [-0.1, -0.05) is 70.9 Å². The number of carbonyl (C=O) groups excluding carboxylic acids is 5. The Kier molecular flexibility index (Phi) is 18.7. The van der Waals surface area contributed by atoms with Crippen molar-refractivity contribution in [3.8, 4) is 0 Å². The molecule has 7 unspecified atom stereocenters. The minimum atomic E-state index is -0.843. The van der Waals surface area contributed by atoms with Crippen LogP contribution in [0.25, 0.3) is 0 Å². The van der Waals surface area contributed by atoms with E-state index >= 15 is 0 Å². The molecular weight excluding hydrogens is 664 g/mol. The first kappa shape index (κ1) is 44.6. The summed E-state index contributed by atoms with van der Waals surface area (Å²) in [6.45, 7) is 12.2. The third-order valence-corrected chi connectivity index (χ3v) is 10.7. The average Bonchev–Trinajstić information content (AvgIpc) is 3.64. The fourth-order valence-electron chi connectivity index (χ4n) is 6.93. The Morgan fingerprint density at radius 2 is 1.67 bits per heavy atom. The van der Waals surface area contributed by atoms with Crippen LogP contribution in [0.5, 0.6) is 0 Å². The number of methoxy groups -OCH3 is 2. The number of amides is 5. The van der Waals surface area contributed by atoms with Crippen molar-refractivity contribution >= 4 is 29.5 Å². The fraction of sp³-hybridized carbons (Fsp3) is 0.718. The second-order valence-electron chi connectivity index (χ2n) is 14.5. The lowest BCUT2D eigenvalue weighted by Crippen LogP contribution is -2.57. The summed E-state index contributed by atoms with van der Waals surface area (Å²) in [5.74, 6) is -1.95. The molecule has 1 fully saturated rings. The molecule has 1 aliphatic heterocycles. The van der Waals surface area contributed by atoms with Crippen LogP contribution in [0, 0.1) is 11.8 Å². The molecular formula is C39H66N6O7. The van der Waals surface area contributed by atoms with Crippen molar-refractivity contribution in [1.29, 1.82) is 0 Å². The van der Waals surface area contributed by atoms with E-state index in [1.165, 1.54) is 7.05 Å². The van der Waals surface area contributed by atoms with E-state index in [0.717, 1.165) is 31.2 Å². The van der Waals surface area contributed by atoms with Crippen LogP contribution in [0.15, 0.2) is 30.3 Å². The van der Waals surface area contributed by atoms with Gasteiger partial charge >= 0.3 is 0 Å². The average molecular weight is 731 g/mol. The number of unbranched alkanes of at least 4 members (excludes halogenated alkanes) is 1. The van der Waals surface area contributed by atoms with Crippen LogP contribution in [-0.2, 0) is 39.9 Å². The SMILES string of the molecule is CCCCN(C(=O)CNC(=O)C(C)(C)NC)C(C(C)CC)C(CC(=O)N1CCCC1C(OC)C(C)C(=O)NC(Cc1ccccc1)C(=O)NC)OC. The minimum absolute atomic E-state index is 0.00280. The number of benzene rings is 1.